The molecule has 24 heavy (non-hydrogen) atoms. The molecule has 6 heteroatoms. The Kier molecular flexibility index (Phi) is 4.71. The van der Waals surface area contributed by atoms with Crippen LogP contribution in [0.1, 0.15) is 23.2 Å². The highest BCUT2D eigenvalue weighted by Gasteiger charge is 2.23. The molecule has 2 N–H and O–H groups in total. The van der Waals surface area contributed by atoms with Crippen molar-refractivity contribution in [2.45, 2.75) is 18.9 Å². The molecule has 3 rings (SSSR count). The molecular weight excluding hydrogens is 326 g/mol. The van der Waals surface area contributed by atoms with Crippen LogP contribution in [-0.4, -0.2) is 25.0 Å². The van der Waals surface area contributed by atoms with Crippen molar-refractivity contribution < 1.29 is 9.59 Å². The van der Waals surface area contributed by atoms with Crippen molar-refractivity contribution in [3.63, 3.8) is 0 Å². The summed E-state index contributed by atoms with van der Waals surface area (Å²) in [5.74, 6) is -0.126. The van der Waals surface area contributed by atoms with Crippen molar-refractivity contribution in [2.75, 3.05) is 17.3 Å². The van der Waals surface area contributed by atoms with Gasteiger partial charge in [-0.1, -0.05) is 11.6 Å². The summed E-state index contributed by atoms with van der Waals surface area (Å²) < 4.78 is 0. The largest absolute Gasteiger partial charge is 0.335 e. The quantitative estimate of drug-likeness (QED) is 0.884. The molecule has 0 heterocycles. The lowest BCUT2D eigenvalue weighted by molar-refractivity contribution is 0.0993. The van der Waals surface area contributed by atoms with Crippen molar-refractivity contribution in [3.05, 3.63) is 59.1 Å². The van der Waals surface area contributed by atoms with E-state index >= 15 is 0 Å². The van der Waals surface area contributed by atoms with Gasteiger partial charge in [-0.3, -0.25) is 4.79 Å². The number of rotatable bonds is 4. The van der Waals surface area contributed by atoms with E-state index in [1.807, 2.05) is 0 Å². The minimum Gasteiger partial charge on any atom is -0.335 e. The lowest BCUT2D eigenvalue weighted by atomic mass is 10.2. The van der Waals surface area contributed by atoms with Gasteiger partial charge in [0.05, 0.1) is 0 Å². The highest BCUT2D eigenvalue weighted by atomic mass is 35.5. The van der Waals surface area contributed by atoms with E-state index in [2.05, 4.69) is 10.6 Å². The summed E-state index contributed by atoms with van der Waals surface area (Å²) in [6.45, 7) is 0. The fraction of sp³-hybridized carbons (Fsp3) is 0.222. The predicted molar refractivity (Wildman–Crippen MR) is 95.8 cm³/mol. The lowest BCUT2D eigenvalue weighted by Gasteiger charge is -2.18. The normalized spacial score (nSPS) is 13.2. The molecule has 1 aliphatic rings. The molecule has 0 spiro atoms. The Labute approximate surface area is 145 Å². The van der Waals surface area contributed by atoms with Gasteiger partial charge in [0.2, 0.25) is 0 Å². The zero-order chi connectivity index (χ0) is 17.1. The van der Waals surface area contributed by atoms with Crippen LogP contribution < -0.4 is 15.5 Å². The van der Waals surface area contributed by atoms with Gasteiger partial charge in [0.1, 0.15) is 0 Å². The SMILES string of the molecule is CN(C(=O)c1ccc(Cl)cc1)c1ccc(NC(=O)NC2CC2)cc1. The number of anilines is 2. The second kappa shape index (κ2) is 6.93. The molecule has 1 aliphatic carbocycles. The van der Waals surface area contributed by atoms with Gasteiger partial charge >= 0.3 is 6.03 Å². The van der Waals surface area contributed by atoms with Crippen LogP contribution in [-0.2, 0) is 0 Å². The topological polar surface area (TPSA) is 61.4 Å². The van der Waals surface area contributed by atoms with Crippen molar-refractivity contribution in [1.29, 1.82) is 0 Å². The molecular formula is C18H18ClN3O2. The Balaban J connectivity index is 1.64. The maximum Gasteiger partial charge on any atom is 0.319 e. The van der Waals surface area contributed by atoms with Crippen LogP contribution in [0.5, 0.6) is 0 Å². The maximum atomic E-state index is 12.5. The Bertz CT molecular complexity index is 740. The second-order valence-corrected chi connectivity index (χ2v) is 6.23. The van der Waals surface area contributed by atoms with Gasteiger partial charge in [-0.05, 0) is 61.4 Å². The first-order valence-electron chi connectivity index (χ1n) is 7.74. The van der Waals surface area contributed by atoms with Gasteiger partial charge < -0.3 is 15.5 Å². The summed E-state index contributed by atoms with van der Waals surface area (Å²) in [7, 11) is 1.71. The molecule has 124 valence electrons. The predicted octanol–water partition coefficient (Wildman–Crippen LogP) is 3.90. The minimum absolute atomic E-state index is 0.126. The van der Waals surface area contributed by atoms with Gasteiger partial charge in [-0.2, -0.15) is 0 Å². The van der Waals surface area contributed by atoms with Crippen LogP contribution in [0, 0.1) is 0 Å². The molecule has 1 fully saturated rings. The van der Waals surface area contributed by atoms with Crippen LogP contribution in [0.2, 0.25) is 5.02 Å². The summed E-state index contributed by atoms with van der Waals surface area (Å²) >= 11 is 5.84. The molecule has 0 aromatic heterocycles. The number of urea groups is 1. The molecule has 1 saturated carbocycles. The molecule has 0 radical (unpaired) electrons. The van der Waals surface area contributed by atoms with E-state index in [9.17, 15) is 9.59 Å². The van der Waals surface area contributed by atoms with Crippen LogP contribution in [0.15, 0.2) is 48.5 Å². The average molecular weight is 344 g/mol. The molecule has 5 nitrogen and oxygen atoms in total. The summed E-state index contributed by atoms with van der Waals surface area (Å²) in [4.78, 5) is 25.7. The molecule has 0 bridgehead atoms. The molecule has 2 aromatic rings. The summed E-state index contributed by atoms with van der Waals surface area (Å²) in [6.07, 6.45) is 2.09. The number of carbonyl (C=O) groups excluding carboxylic acids is 2. The highest BCUT2D eigenvalue weighted by molar-refractivity contribution is 6.30. The summed E-state index contributed by atoms with van der Waals surface area (Å²) in [5, 5.41) is 6.23. The lowest BCUT2D eigenvalue weighted by Crippen LogP contribution is -2.30. The number of benzene rings is 2. The average Bonchev–Trinajstić information content (AvgIpc) is 3.39. The standard InChI is InChI=1S/C18H18ClN3O2/c1-22(17(23)12-2-4-13(19)5-3-12)16-10-8-15(9-11-16)21-18(24)20-14-6-7-14/h2-5,8-11,14H,6-7H2,1H3,(H2,20,21,24). The van der Waals surface area contributed by atoms with Crippen LogP contribution in [0.25, 0.3) is 0 Å². The molecule has 0 unspecified atom stereocenters. The number of amides is 3. The number of hydrogen-bond donors (Lipinski definition) is 2. The number of hydrogen-bond acceptors (Lipinski definition) is 2. The number of nitrogens with one attached hydrogen (secondary N) is 2. The van der Waals surface area contributed by atoms with Gasteiger partial charge in [-0.15, -0.1) is 0 Å². The maximum absolute atomic E-state index is 12.5. The molecule has 0 saturated heterocycles. The molecule has 0 atom stereocenters. The van der Waals surface area contributed by atoms with Gasteiger partial charge in [0.15, 0.2) is 0 Å². The Hall–Kier alpha value is -2.53. The zero-order valence-electron chi connectivity index (χ0n) is 13.3. The van der Waals surface area contributed by atoms with Crippen LogP contribution >= 0.6 is 11.6 Å². The van der Waals surface area contributed by atoms with Crippen LogP contribution in [0.4, 0.5) is 16.2 Å². The molecule has 3 amide bonds. The zero-order valence-corrected chi connectivity index (χ0v) is 14.0. The summed E-state index contributed by atoms with van der Waals surface area (Å²) in [6, 6.07) is 14.0. The fourth-order valence-corrected chi connectivity index (χ4v) is 2.38. The Morgan fingerprint density at radius 2 is 1.67 bits per heavy atom. The molecule has 0 aliphatic heterocycles. The third-order valence-corrected chi connectivity index (χ3v) is 4.07. The Morgan fingerprint density at radius 3 is 2.25 bits per heavy atom. The number of nitrogens with zero attached hydrogens (tertiary/aromatic N) is 1. The van der Waals surface area contributed by atoms with Crippen molar-refractivity contribution >= 4 is 34.9 Å². The van der Waals surface area contributed by atoms with Crippen LogP contribution in [0.3, 0.4) is 0 Å². The highest BCUT2D eigenvalue weighted by Crippen LogP contribution is 2.21. The van der Waals surface area contributed by atoms with Gasteiger partial charge in [0, 0.05) is 35.1 Å². The number of carbonyl (C=O) groups is 2. The third-order valence-electron chi connectivity index (χ3n) is 3.82. The first-order chi connectivity index (χ1) is 11.5. The smallest absolute Gasteiger partial charge is 0.319 e. The summed E-state index contributed by atoms with van der Waals surface area (Å²) in [5.41, 5.74) is 1.99. The fourth-order valence-electron chi connectivity index (χ4n) is 2.25. The third kappa shape index (κ3) is 4.06. The van der Waals surface area contributed by atoms with E-state index < -0.39 is 0 Å². The van der Waals surface area contributed by atoms with Gasteiger partial charge in [-0.25, -0.2) is 4.79 Å². The van der Waals surface area contributed by atoms with E-state index in [0.717, 1.165) is 18.5 Å². The molecule has 2 aromatic carbocycles. The van der Waals surface area contributed by atoms with Gasteiger partial charge in [0.25, 0.3) is 5.91 Å². The van der Waals surface area contributed by atoms with Crippen molar-refractivity contribution in [2.24, 2.45) is 0 Å². The van der Waals surface area contributed by atoms with Crippen molar-refractivity contribution in [1.82, 2.24) is 5.32 Å². The first-order valence-corrected chi connectivity index (χ1v) is 8.12. The number of halogens is 1. The minimum atomic E-state index is -0.198. The first kappa shape index (κ1) is 16.3. The van der Waals surface area contributed by atoms with E-state index in [0.29, 0.717) is 22.3 Å². The van der Waals surface area contributed by atoms with E-state index in [1.165, 1.54) is 0 Å². The van der Waals surface area contributed by atoms with Crippen molar-refractivity contribution in [3.8, 4) is 0 Å². The second-order valence-electron chi connectivity index (χ2n) is 5.79. The van der Waals surface area contributed by atoms with E-state index in [-0.39, 0.29) is 11.9 Å². The van der Waals surface area contributed by atoms with E-state index in [1.54, 1.807) is 60.5 Å². The monoisotopic (exact) mass is 343 g/mol. The van der Waals surface area contributed by atoms with E-state index in [4.69, 9.17) is 11.6 Å². The Morgan fingerprint density at radius 1 is 1.04 bits per heavy atom.